The molecule has 2 aliphatic rings. The molecule has 2 atom stereocenters. The van der Waals surface area contributed by atoms with Gasteiger partial charge in [-0.15, -0.1) is 0 Å². The molecule has 0 radical (unpaired) electrons. The molecule has 0 aromatic heterocycles. The molecule has 1 saturated heterocycles. The van der Waals surface area contributed by atoms with Crippen molar-refractivity contribution >= 4 is 44.1 Å². The van der Waals surface area contributed by atoms with Gasteiger partial charge in [-0.1, -0.05) is 29.4 Å². The van der Waals surface area contributed by atoms with Gasteiger partial charge in [-0.25, -0.2) is 12.8 Å². The summed E-state index contributed by atoms with van der Waals surface area (Å²) < 4.78 is 49.3. The highest BCUT2D eigenvalue weighted by Gasteiger charge is 2.47. The zero-order chi connectivity index (χ0) is 21.5. The lowest BCUT2D eigenvalue weighted by Crippen LogP contribution is -2.39. The van der Waals surface area contributed by atoms with E-state index in [1.807, 2.05) is 11.0 Å². The van der Waals surface area contributed by atoms with Crippen molar-refractivity contribution in [3.63, 3.8) is 0 Å². The van der Waals surface area contributed by atoms with Gasteiger partial charge in [-0.05, 0) is 24.3 Å². The van der Waals surface area contributed by atoms with Crippen LogP contribution in [0.4, 0.5) is 10.1 Å². The van der Waals surface area contributed by atoms with Crippen LogP contribution in [0.25, 0.3) is 0 Å². The highest BCUT2D eigenvalue weighted by atomic mass is 35.5. The number of rotatable bonds is 5. The average Bonchev–Trinajstić information content (AvgIpc) is 3.18. The third-order valence-corrected chi connectivity index (χ3v) is 8.21. The SMILES string of the molecule is COc1ccc(N2C(SCc3c(F)cccc3Cl)=N[C@H]3CS(=O)(=O)C[C@H]32)cc1OC. The van der Waals surface area contributed by atoms with Crippen molar-refractivity contribution in [3.8, 4) is 11.5 Å². The first-order chi connectivity index (χ1) is 14.3. The lowest BCUT2D eigenvalue weighted by atomic mass is 10.1. The zero-order valence-corrected chi connectivity index (χ0v) is 18.7. The number of hydrogen-bond donors (Lipinski definition) is 0. The van der Waals surface area contributed by atoms with Crippen LogP contribution in [0.3, 0.4) is 0 Å². The van der Waals surface area contributed by atoms with E-state index < -0.39 is 9.84 Å². The smallest absolute Gasteiger partial charge is 0.164 e. The third kappa shape index (κ3) is 3.98. The highest BCUT2D eigenvalue weighted by molar-refractivity contribution is 8.13. The maximum Gasteiger partial charge on any atom is 0.164 e. The maximum atomic E-state index is 14.2. The molecule has 0 spiro atoms. The second-order valence-electron chi connectivity index (χ2n) is 7.02. The normalized spacial score (nSPS) is 22.0. The molecular weight excluding hydrogens is 451 g/mol. The summed E-state index contributed by atoms with van der Waals surface area (Å²) in [5, 5.41) is 0.980. The van der Waals surface area contributed by atoms with Crippen molar-refractivity contribution in [3.05, 3.63) is 52.8 Å². The molecule has 0 N–H and O–H groups in total. The molecule has 2 aromatic rings. The van der Waals surface area contributed by atoms with Crippen molar-refractivity contribution in [2.75, 3.05) is 30.6 Å². The van der Waals surface area contributed by atoms with Gasteiger partial charge in [-0.3, -0.25) is 4.99 Å². The Labute approximate surface area is 183 Å². The van der Waals surface area contributed by atoms with Crippen LogP contribution >= 0.6 is 23.4 Å². The van der Waals surface area contributed by atoms with Crippen molar-refractivity contribution in [2.45, 2.75) is 17.8 Å². The first-order valence-corrected chi connectivity index (χ1v) is 12.4. The molecule has 2 aliphatic heterocycles. The standard InChI is InChI=1S/C20H20ClFN2O4S2/c1-27-18-7-6-12(8-19(18)28-2)24-17-11-30(25,26)10-16(17)23-20(24)29-9-13-14(21)4-3-5-15(13)22/h3-8,16-17H,9-11H2,1-2H3/t16-,17+/m0/s1. The number of anilines is 1. The van der Waals surface area contributed by atoms with E-state index in [2.05, 4.69) is 4.99 Å². The molecule has 0 aliphatic carbocycles. The molecule has 0 saturated carbocycles. The quantitative estimate of drug-likeness (QED) is 0.662. The van der Waals surface area contributed by atoms with Gasteiger partial charge in [0.15, 0.2) is 26.5 Å². The van der Waals surface area contributed by atoms with Gasteiger partial charge in [0.25, 0.3) is 0 Å². The molecule has 0 amide bonds. The van der Waals surface area contributed by atoms with Gasteiger partial charge in [0.1, 0.15) is 5.82 Å². The number of thioether (sulfide) groups is 1. The number of halogens is 2. The number of methoxy groups -OCH3 is 2. The van der Waals surface area contributed by atoms with E-state index in [0.717, 1.165) is 5.69 Å². The van der Waals surface area contributed by atoms with E-state index in [-0.39, 0.29) is 35.2 Å². The molecule has 30 heavy (non-hydrogen) atoms. The molecule has 2 heterocycles. The zero-order valence-electron chi connectivity index (χ0n) is 16.3. The first kappa shape index (κ1) is 21.3. The van der Waals surface area contributed by atoms with Gasteiger partial charge in [0.05, 0.1) is 37.8 Å². The molecule has 4 rings (SSSR count). The lowest BCUT2D eigenvalue weighted by Gasteiger charge is -2.27. The van der Waals surface area contributed by atoms with E-state index >= 15 is 0 Å². The summed E-state index contributed by atoms with van der Waals surface area (Å²) in [7, 11) is -0.0845. The summed E-state index contributed by atoms with van der Waals surface area (Å²) in [6.45, 7) is 0. The van der Waals surface area contributed by atoms with E-state index in [1.54, 1.807) is 38.5 Å². The van der Waals surface area contributed by atoms with Crippen LogP contribution in [0.5, 0.6) is 11.5 Å². The van der Waals surface area contributed by atoms with Crippen LogP contribution in [0.1, 0.15) is 5.56 Å². The summed E-state index contributed by atoms with van der Waals surface area (Å²) in [4.78, 5) is 6.56. The van der Waals surface area contributed by atoms with Crippen molar-refractivity contribution < 1.29 is 22.3 Å². The van der Waals surface area contributed by atoms with E-state index in [0.29, 0.717) is 27.3 Å². The van der Waals surface area contributed by atoms with Crippen LogP contribution in [0.15, 0.2) is 41.4 Å². The summed E-state index contributed by atoms with van der Waals surface area (Å²) >= 11 is 7.49. The molecule has 160 valence electrons. The molecule has 0 bridgehead atoms. The second-order valence-corrected chi connectivity index (χ2v) is 10.5. The summed E-state index contributed by atoms with van der Waals surface area (Å²) in [5.41, 5.74) is 1.13. The van der Waals surface area contributed by atoms with Gasteiger partial charge < -0.3 is 14.4 Å². The van der Waals surface area contributed by atoms with Gasteiger partial charge in [0, 0.05) is 28.1 Å². The molecule has 0 unspecified atom stereocenters. The Kier molecular flexibility index (Phi) is 5.87. The second kappa shape index (κ2) is 8.28. The Morgan fingerprint density at radius 1 is 1.20 bits per heavy atom. The summed E-state index contributed by atoms with van der Waals surface area (Å²) in [5.74, 6) is 1.02. The average molecular weight is 471 g/mol. The predicted octanol–water partition coefficient (Wildman–Crippen LogP) is 3.77. The van der Waals surface area contributed by atoms with Gasteiger partial charge in [0.2, 0.25) is 0 Å². The van der Waals surface area contributed by atoms with Gasteiger partial charge >= 0.3 is 0 Å². The molecule has 10 heteroatoms. The Balaban J connectivity index is 1.68. The molecule has 1 fully saturated rings. The number of sulfone groups is 1. The van der Waals surface area contributed by atoms with Gasteiger partial charge in [-0.2, -0.15) is 0 Å². The van der Waals surface area contributed by atoms with Crippen molar-refractivity contribution in [1.82, 2.24) is 0 Å². The molecule has 2 aromatic carbocycles. The van der Waals surface area contributed by atoms with Crippen molar-refractivity contribution in [2.24, 2.45) is 4.99 Å². The number of hydrogen-bond acceptors (Lipinski definition) is 7. The number of ether oxygens (including phenoxy) is 2. The fourth-order valence-corrected chi connectivity index (χ4v) is 7.03. The number of aliphatic imine (C=N–C) groups is 1. The third-order valence-electron chi connectivity index (χ3n) is 5.16. The van der Waals surface area contributed by atoms with Crippen LogP contribution in [-0.4, -0.2) is 51.4 Å². The number of benzene rings is 2. The first-order valence-electron chi connectivity index (χ1n) is 9.18. The number of nitrogens with zero attached hydrogens (tertiary/aromatic N) is 2. The maximum absolute atomic E-state index is 14.2. The largest absolute Gasteiger partial charge is 0.493 e. The predicted molar refractivity (Wildman–Crippen MR) is 118 cm³/mol. The minimum atomic E-state index is -3.17. The lowest BCUT2D eigenvalue weighted by molar-refractivity contribution is 0.355. The summed E-state index contributed by atoms with van der Waals surface area (Å²) in [6.07, 6.45) is 0. The van der Waals surface area contributed by atoms with Crippen LogP contribution in [-0.2, 0) is 15.6 Å². The van der Waals surface area contributed by atoms with E-state index in [9.17, 15) is 12.8 Å². The minimum absolute atomic E-state index is 0.00592. The van der Waals surface area contributed by atoms with Crippen LogP contribution in [0, 0.1) is 5.82 Å². The number of amidine groups is 1. The Bertz CT molecular complexity index is 1090. The number of fused-ring (bicyclic) bond motifs is 1. The minimum Gasteiger partial charge on any atom is -0.493 e. The molecular formula is C20H20ClFN2O4S2. The van der Waals surface area contributed by atoms with Crippen LogP contribution < -0.4 is 14.4 Å². The van der Waals surface area contributed by atoms with E-state index in [1.165, 1.54) is 17.8 Å². The fourth-order valence-electron chi connectivity index (χ4n) is 3.72. The Morgan fingerprint density at radius 2 is 1.97 bits per heavy atom. The fraction of sp³-hybridized carbons (Fsp3) is 0.350. The van der Waals surface area contributed by atoms with E-state index in [4.69, 9.17) is 21.1 Å². The monoisotopic (exact) mass is 470 g/mol. The molecule has 6 nitrogen and oxygen atoms in total. The Morgan fingerprint density at radius 3 is 2.67 bits per heavy atom. The van der Waals surface area contributed by atoms with Crippen LogP contribution in [0.2, 0.25) is 5.02 Å². The topological polar surface area (TPSA) is 68.2 Å². The highest BCUT2D eigenvalue weighted by Crippen LogP contribution is 2.39. The Hall–Kier alpha value is -1.97. The summed E-state index contributed by atoms with van der Waals surface area (Å²) in [6, 6.07) is 9.29. The van der Waals surface area contributed by atoms with Crippen molar-refractivity contribution in [1.29, 1.82) is 0 Å².